The van der Waals surface area contributed by atoms with Gasteiger partial charge in [0.2, 0.25) is 0 Å². The average molecular weight is 482 g/mol. The number of allylic oxidation sites excluding steroid dienone is 1. The molecule has 6 heteroatoms. The molecule has 0 fully saturated rings. The lowest BCUT2D eigenvalue weighted by Gasteiger charge is -2.15. The smallest absolute Gasteiger partial charge is 0.324 e. The third-order valence-electron chi connectivity index (χ3n) is 5.94. The standard InChI is InChI=1S/C28H33FNO3P/c1-21-7-8-25(17-22(21)2)18-27(26-5-3-6-28(29)19-26)14-13-23-9-11-24(12-10-23)20-30-15-4-16-34(31,32)33/h3,5-14,17,19,27,30H,4,15-16,18,20H2,1-2H3,(H2,31,32,33). The highest BCUT2D eigenvalue weighted by Gasteiger charge is 2.12. The van der Waals surface area contributed by atoms with Crippen molar-refractivity contribution in [2.24, 2.45) is 0 Å². The second-order valence-corrected chi connectivity index (χ2v) is 10.6. The molecule has 3 aromatic rings. The van der Waals surface area contributed by atoms with E-state index < -0.39 is 7.60 Å². The van der Waals surface area contributed by atoms with Crippen molar-refractivity contribution < 1.29 is 18.7 Å². The predicted molar refractivity (Wildman–Crippen MR) is 137 cm³/mol. The summed E-state index contributed by atoms with van der Waals surface area (Å²) in [5.41, 5.74) is 6.85. The third-order valence-corrected chi connectivity index (χ3v) is 6.84. The van der Waals surface area contributed by atoms with Crippen LogP contribution in [-0.2, 0) is 17.5 Å². The van der Waals surface area contributed by atoms with Crippen molar-refractivity contribution >= 4 is 13.7 Å². The highest BCUT2D eigenvalue weighted by Crippen LogP contribution is 2.34. The van der Waals surface area contributed by atoms with Crippen LogP contribution in [-0.4, -0.2) is 22.5 Å². The van der Waals surface area contributed by atoms with Crippen molar-refractivity contribution in [3.05, 3.63) is 112 Å². The molecule has 34 heavy (non-hydrogen) atoms. The van der Waals surface area contributed by atoms with Gasteiger partial charge >= 0.3 is 7.60 Å². The van der Waals surface area contributed by atoms with Crippen LogP contribution in [0, 0.1) is 19.7 Å². The van der Waals surface area contributed by atoms with Gasteiger partial charge < -0.3 is 15.1 Å². The van der Waals surface area contributed by atoms with E-state index in [0.717, 1.165) is 23.1 Å². The van der Waals surface area contributed by atoms with Gasteiger partial charge in [-0.2, -0.15) is 0 Å². The molecule has 3 aromatic carbocycles. The van der Waals surface area contributed by atoms with Crippen LogP contribution in [0.3, 0.4) is 0 Å². The maximum absolute atomic E-state index is 13.9. The molecule has 0 radical (unpaired) electrons. The molecule has 0 aromatic heterocycles. The molecular weight excluding hydrogens is 448 g/mol. The summed E-state index contributed by atoms with van der Waals surface area (Å²) in [7, 11) is -3.92. The van der Waals surface area contributed by atoms with E-state index in [1.165, 1.54) is 22.8 Å². The Hall–Kier alpha value is -2.56. The minimum Gasteiger partial charge on any atom is -0.324 e. The topological polar surface area (TPSA) is 69.6 Å². The zero-order valence-corrected chi connectivity index (χ0v) is 20.6. The van der Waals surface area contributed by atoms with Crippen LogP contribution in [0.2, 0.25) is 0 Å². The summed E-state index contributed by atoms with van der Waals surface area (Å²) in [6.07, 6.45) is 5.34. The molecule has 0 aliphatic heterocycles. The third kappa shape index (κ3) is 8.66. The minimum absolute atomic E-state index is 0.0492. The fraction of sp³-hybridized carbons (Fsp3) is 0.286. The number of rotatable bonds is 11. The van der Waals surface area contributed by atoms with E-state index in [-0.39, 0.29) is 17.9 Å². The van der Waals surface area contributed by atoms with E-state index in [4.69, 9.17) is 9.79 Å². The summed E-state index contributed by atoms with van der Waals surface area (Å²) >= 11 is 0. The Bertz CT molecular complexity index is 1150. The molecule has 0 bridgehead atoms. The molecule has 0 aliphatic carbocycles. The first-order chi connectivity index (χ1) is 16.2. The summed E-state index contributed by atoms with van der Waals surface area (Å²) < 4.78 is 24.8. The Morgan fingerprint density at radius 1 is 0.971 bits per heavy atom. The normalized spacial score (nSPS) is 12.9. The summed E-state index contributed by atoms with van der Waals surface area (Å²) in [4.78, 5) is 17.8. The van der Waals surface area contributed by atoms with Gasteiger partial charge in [0.05, 0.1) is 6.16 Å². The van der Waals surface area contributed by atoms with Crippen LogP contribution >= 0.6 is 7.60 Å². The lowest BCUT2D eigenvalue weighted by molar-refractivity contribution is 0.371. The summed E-state index contributed by atoms with van der Waals surface area (Å²) in [5, 5.41) is 3.21. The predicted octanol–water partition coefficient (Wildman–Crippen LogP) is 6.14. The average Bonchev–Trinajstić information content (AvgIpc) is 2.79. The van der Waals surface area contributed by atoms with Crippen molar-refractivity contribution in [2.45, 2.75) is 39.2 Å². The Morgan fingerprint density at radius 3 is 2.38 bits per heavy atom. The molecular formula is C28H33FNO3P. The molecule has 0 amide bonds. The first-order valence-electron chi connectivity index (χ1n) is 11.5. The molecule has 3 N–H and O–H groups in total. The molecule has 1 unspecified atom stereocenters. The molecule has 0 saturated carbocycles. The summed E-state index contributed by atoms with van der Waals surface area (Å²) in [6, 6.07) is 21.5. The first-order valence-corrected chi connectivity index (χ1v) is 13.3. The molecule has 4 nitrogen and oxygen atoms in total. The number of benzene rings is 3. The SMILES string of the molecule is Cc1ccc(CC(C=Cc2ccc(CNCCCP(=O)(O)O)cc2)c2cccc(F)c2)cc1C. The zero-order chi connectivity index (χ0) is 24.6. The molecule has 3 rings (SSSR count). The highest BCUT2D eigenvalue weighted by atomic mass is 31.2. The second-order valence-electron chi connectivity index (χ2n) is 8.80. The van der Waals surface area contributed by atoms with Crippen molar-refractivity contribution in [2.75, 3.05) is 12.7 Å². The van der Waals surface area contributed by atoms with Gasteiger partial charge in [0.25, 0.3) is 0 Å². The van der Waals surface area contributed by atoms with Crippen LogP contribution in [0.5, 0.6) is 0 Å². The monoisotopic (exact) mass is 481 g/mol. The van der Waals surface area contributed by atoms with E-state index in [0.29, 0.717) is 19.5 Å². The number of nitrogens with one attached hydrogen (secondary N) is 1. The maximum Gasteiger partial charge on any atom is 0.325 e. The van der Waals surface area contributed by atoms with Crippen LogP contribution < -0.4 is 5.32 Å². The van der Waals surface area contributed by atoms with Crippen molar-refractivity contribution in [1.82, 2.24) is 5.32 Å². The van der Waals surface area contributed by atoms with Gasteiger partial charge in [0.15, 0.2) is 0 Å². The summed E-state index contributed by atoms with van der Waals surface area (Å²) in [5.74, 6) is -0.179. The van der Waals surface area contributed by atoms with Crippen LogP contribution in [0.4, 0.5) is 4.39 Å². The summed E-state index contributed by atoms with van der Waals surface area (Å²) in [6.45, 7) is 5.41. The van der Waals surface area contributed by atoms with Gasteiger partial charge in [-0.15, -0.1) is 0 Å². The number of hydrogen-bond donors (Lipinski definition) is 3. The van der Waals surface area contributed by atoms with E-state index in [2.05, 4.69) is 49.5 Å². The molecule has 0 spiro atoms. The maximum atomic E-state index is 13.9. The van der Waals surface area contributed by atoms with Gasteiger partial charge in [0.1, 0.15) is 5.82 Å². The van der Waals surface area contributed by atoms with Gasteiger partial charge in [-0.3, -0.25) is 4.57 Å². The largest absolute Gasteiger partial charge is 0.325 e. The van der Waals surface area contributed by atoms with Crippen LogP contribution in [0.1, 0.15) is 45.7 Å². The van der Waals surface area contributed by atoms with E-state index in [9.17, 15) is 8.96 Å². The molecule has 0 heterocycles. The molecule has 0 aliphatic rings. The van der Waals surface area contributed by atoms with Crippen LogP contribution in [0.15, 0.2) is 72.8 Å². The Morgan fingerprint density at radius 2 is 1.71 bits per heavy atom. The van der Waals surface area contributed by atoms with Gasteiger partial charge in [-0.25, -0.2) is 4.39 Å². The van der Waals surface area contributed by atoms with Gasteiger partial charge in [-0.1, -0.05) is 66.7 Å². The Balaban J connectivity index is 1.66. The fourth-order valence-corrected chi connectivity index (χ4v) is 4.41. The molecule has 180 valence electrons. The van der Waals surface area contributed by atoms with Crippen molar-refractivity contribution in [1.29, 1.82) is 0 Å². The minimum atomic E-state index is -3.92. The Labute approximate surface area is 201 Å². The quantitative estimate of drug-likeness (QED) is 0.227. The molecule has 0 saturated heterocycles. The van der Waals surface area contributed by atoms with E-state index >= 15 is 0 Å². The number of aryl methyl sites for hydroxylation is 2. The number of hydrogen-bond acceptors (Lipinski definition) is 2. The number of halogens is 1. The van der Waals surface area contributed by atoms with Crippen molar-refractivity contribution in [3.8, 4) is 0 Å². The van der Waals surface area contributed by atoms with Crippen LogP contribution in [0.25, 0.3) is 6.08 Å². The van der Waals surface area contributed by atoms with Crippen molar-refractivity contribution in [3.63, 3.8) is 0 Å². The Kier molecular flexibility index (Phi) is 9.37. The highest BCUT2D eigenvalue weighted by molar-refractivity contribution is 7.51. The van der Waals surface area contributed by atoms with E-state index in [1.807, 2.05) is 30.3 Å². The lowest BCUT2D eigenvalue weighted by Crippen LogP contribution is -2.15. The second kappa shape index (κ2) is 12.2. The molecule has 1 atom stereocenters. The lowest BCUT2D eigenvalue weighted by atomic mass is 9.90. The van der Waals surface area contributed by atoms with E-state index in [1.54, 1.807) is 12.1 Å². The van der Waals surface area contributed by atoms with Gasteiger partial charge in [0, 0.05) is 12.5 Å². The van der Waals surface area contributed by atoms with Gasteiger partial charge in [-0.05, 0) is 78.7 Å². The first kappa shape index (κ1) is 26.1. The zero-order valence-electron chi connectivity index (χ0n) is 19.7. The fourth-order valence-electron chi connectivity index (χ4n) is 3.84.